The van der Waals surface area contributed by atoms with Crippen LogP contribution >= 0.6 is 24.0 Å². The molecule has 5 nitrogen and oxygen atoms in total. The summed E-state index contributed by atoms with van der Waals surface area (Å²) in [6.45, 7) is 3.58. The molecule has 0 saturated heterocycles. The van der Waals surface area contributed by atoms with Crippen molar-refractivity contribution >= 4 is 35.6 Å². The summed E-state index contributed by atoms with van der Waals surface area (Å²) in [6.07, 6.45) is 4.74. The molecule has 0 aromatic heterocycles. The topological polar surface area (TPSA) is 68.9 Å². The van der Waals surface area contributed by atoms with Crippen molar-refractivity contribution in [3.05, 3.63) is 58.7 Å². The third-order valence-corrected chi connectivity index (χ3v) is 4.85. The molecule has 28 heavy (non-hydrogen) atoms. The number of halogens is 1. The molecule has 0 unspecified atom stereocenters. The molecule has 6 heteroatoms. The number of nitrogens with one attached hydrogen (secondary N) is 1. The maximum Gasteiger partial charge on any atom is 0.193 e. The smallest absolute Gasteiger partial charge is 0.193 e. The first-order chi connectivity index (χ1) is 13.2. The van der Waals surface area contributed by atoms with Crippen LogP contribution in [-0.2, 0) is 24.1 Å². The van der Waals surface area contributed by atoms with Gasteiger partial charge in [-0.3, -0.25) is 0 Å². The summed E-state index contributed by atoms with van der Waals surface area (Å²) in [5.74, 6) is 1.26. The standard InChI is InChI=1S/C22H29N3O2.HI/c1-16-10-11-18(21(14-16)27-13-12-26-2)15-24-22(23)25-20-9-5-7-17-6-3-4-8-19(17)20;/h5,7,9-11,14H,3-4,6,8,12-13,15H2,1-2H3,(H3,23,24,25);1H. The van der Waals surface area contributed by atoms with E-state index in [1.165, 1.54) is 24.0 Å². The van der Waals surface area contributed by atoms with Crippen molar-refractivity contribution in [3.63, 3.8) is 0 Å². The number of anilines is 1. The van der Waals surface area contributed by atoms with Crippen LogP contribution in [0.2, 0.25) is 0 Å². The highest BCUT2D eigenvalue weighted by Gasteiger charge is 2.13. The zero-order valence-electron chi connectivity index (χ0n) is 16.7. The Morgan fingerprint density at radius 2 is 1.96 bits per heavy atom. The second-order valence-electron chi connectivity index (χ2n) is 6.93. The number of hydrogen-bond acceptors (Lipinski definition) is 3. The fourth-order valence-electron chi connectivity index (χ4n) is 3.41. The lowest BCUT2D eigenvalue weighted by molar-refractivity contribution is 0.146. The molecule has 0 radical (unpaired) electrons. The van der Waals surface area contributed by atoms with Crippen molar-refractivity contribution in [1.82, 2.24) is 0 Å². The van der Waals surface area contributed by atoms with Crippen molar-refractivity contribution in [2.24, 2.45) is 10.7 Å². The van der Waals surface area contributed by atoms with Crippen LogP contribution in [0.1, 0.15) is 35.1 Å². The van der Waals surface area contributed by atoms with Gasteiger partial charge in [0.2, 0.25) is 0 Å². The molecule has 2 aromatic carbocycles. The zero-order valence-corrected chi connectivity index (χ0v) is 19.0. The Hall–Kier alpha value is -1.80. The first kappa shape index (κ1) is 22.5. The van der Waals surface area contributed by atoms with Crippen LogP contribution in [0.3, 0.4) is 0 Å². The number of methoxy groups -OCH3 is 1. The van der Waals surface area contributed by atoms with E-state index in [9.17, 15) is 0 Å². The molecule has 0 saturated carbocycles. The number of rotatable bonds is 7. The molecule has 0 spiro atoms. The van der Waals surface area contributed by atoms with E-state index in [0.717, 1.165) is 35.4 Å². The zero-order chi connectivity index (χ0) is 19.1. The summed E-state index contributed by atoms with van der Waals surface area (Å²) in [4.78, 5) is 4.53. The summed E-state index contributed by atoms with van der Waals surface area (Å²) in [7, 11) is 1.67. The van der Waals surface area contributed by atoms with E-state index in [0.29, 0.717) is 25.7 Å². The number of guanidine groups is 1. The third-order valence-electron chi connectivity index (χ3n) is 4.85. The van der Waals surface area contributed by atoms with Crippen LogP contribution in [0, 0.1) is 6.92 Å². The molecule has 0 heterocycles. The number of fused-ring (bicyclic) bond motifs is 1. The first-order valence-corrected chi connectivity index (χ1v) is 9.56. The second-order valence-corrected chi connectivity index (χ2v) is 6.93. The van der Waals surface area contributed by atoms with E-state index in [1.54, 1.807) is 7.11 Å². The average Bonchev–Trinajstić information content (AvgIpc) is 2.68. The summed E-state index contributed by atoms with van der Waals surface area (Å²) in [5.41, 5.74) is 12.2. The van der Waals surface area contributed by atoms with Crippen LogP contribution in [-0.4, -0.2) is 26.3 Å². The fraction of sp³-hybridized carbons (Fsp3) is 0.409. The predicted octanol–water partition coefficient (Wildman–Crippen LogP) is 4.44. The number of benzene rings is 2. The van der Waals surface area contributed by atoms with E-state index in [4.69, 9.17) is 15.2 Å². The molecule has 0 atom stereocenters. The fourth-order valence-corrected chi connectivity index (χ4v) is 3.41. The predicted molar refractivity (Wildman–Crippen MR) is 126 cm³/mol. The number of aryl methyl sites for hydroxylation is 2. The highest BCUT2D eigenvalue weighted by atomic mass is 127. The van der Waals surface area contributed by atoms with Crippen molar-refractivity contribution in [2.45, 2.75) is 39.2 Å². The molecular weight excluding hydrogens is 465 g/mol. The molecule has 3 rings (SSSR count). The van der Waals surface area contributed by atoms with Crippen molar-refractivity contribution in [1.29, 1.82) is 0 Å². The van der Waals surface area contributed by atoms with Crippen molar-refractivity contribution < 1.29 is 9.47 Å². The van der Waals surface area contributed by atoms with Gasteiger partial charge in [0.15, 0.2) is 5.96 Å². The van der Waals surface area contributed by atoms with Gasteiger partial charge in [0.25, 0.3) is 0 Å². The highest BCUT2D eigenvalue weighted by molar-refractivity contribution is 14.0. The number of nitrogens with zero attached hydrogens (tertiary/aromatic N) is 1. The van der Waals surface area contributed by atoms with Gasteiger partial charge < -0.3 is 20.5 Å². The van der Waals surface area contributed by atoms with Gasteiger partial charge in [-0.2, -0.15) is 0 Å². The molecular formula is C22H30IN3O2. The third kappa shape index (κ3) is 6.10. The summed E-state index contributed by atoms with van der Waals surface area (Å²) < 4.78 is 10.9. The summed E-state index contributed by atoms with van der Waals surface area (Å²) in [5, 5.41) is 3.29. The molecule has 3 N–H and O–H groups in total. The van der Waals surface area contributed by atoms with Gasteiger partial charge >= 0.3 is 0 Å². The van der Waals surface area contributed by atoms with Crippen molar-refractivity contribution in [3.8, 4) is 5.75 Å². The number of aliphatic imine (C=N–C) groups is 1. The SMILES string of the molecule is COCCOc1cc(C)ccc1CN=C(N)Nc1cccc2c1CCCC2.I. The lowest BCUT2D eigenvalue weighted by Crippen LogP contribution is -2.24. The largest absolute Gasteiger partial charge is 0.491 e. The van der Waals surface area contributed by atoms with Gasteiger partial charge in [0.05, 0.1) is 13.2 Å². The van der Waals surface area contributed by atoms with E-state index in [-0.39, 0.29) is 24.0 Å². The maximum atomic E-state index is 6.17. The summed E-state index contributed by atoms with van der Waals surface area (Å²) in [6, 6.07) is 12.5. The minimum Gasteiger partial charge on any atom is -0.491 e. The molecule has 0 amide bonds. The van der Waals surface area contributed by atoms with E-state index < -0.39 is 0 Å². The Labute approximate surface area is 184 Å². The van der Waals surface area contributed by atoms with Gasteiger partial charge in [-0.15, -0.1) is 24.0 Å². The minimum atomic E-state index is 0. The molecule has 1 aliphatic rings. The van der Waals surface area contributed by atoms with Gasteiger partial charge in [0.1, 0.15) is 12.4 Å². The molecule has 0 aliphatic heterocycles. The van der Waals surface area contributed by atoms with Crippen LogP contribution < -0.4 is 15.8 Å². The van der Waals surface area contributed by atoms with Gasteiger partial charge in [-0.25, -0.2) is 4.99 Å². The highest BCUT2D eigenvalue weighted by Crippen LogP contribution is 2.28. The monoisotopic (exact) mass is 495 g/mol. The molecule has 0 bridgehead atoms. The Bertz CT molecular complexity index is 808. The van der Waals surface area contributed by atoms with Gasteiger partial charge in [-0.05, 0) is 61.4 Å². The number of nitrogens with two attached hydrogens (primary N) is 1. The average molecular weight is 495 g/mol. The second kappa shape index (κ2) is 11.3. The van der Waals surface area contributed by atoms with E-state index in [1.807, 2.05) is 19.1 Å². The molecule has 0 fully saturated rings. The Morgan fingerprint density at radius 3 is 2.79 bits per heavy atom. The minimum absolute atomic E-state index is 0. The van der Waals surface area contributed by atoms with E-state index >= 15 is 0 Å². The van der Waals surface area contributed by atoms with Crippen LogP contribution in [0.5, 0.6) is 5.75 Å². The van der Waals surface area contributed by atoms with E-state index in [2.05, 4.69) is 34.6 Å². The van der Waals surface area contributed by atoms with Crippen LogP contribution in [0.25, 0.3) is 0 Å². The first-order valence-electron chi connectivity index (χ1n) is 9.56. The van der Waals surface area contributed by atoms with Crippen molar-refractivity contribution in [2.75, 3.05) is 25.6 Å². The lowest BCUT2D eigenvalue weighted by atomic mass is 9.90. The molecule has 1 aliphatic carbocycles. The van der Waals surface area contributed by atoms with Crippen LogP contribution in [0.4, 0.5) is 5.69 Å². The normalized spacial score (nSPS) is 13.4. The maximum absolute atomic E-state index is 6.17. The quantitative estimate of drug-likeness (QED) is 0.258. The van der Waals surface area contributed by atoms with Gasteiger partial charge in [-0.1, -0.05) is 24.3 Å². The lowest BCUT2D eigenvalue weighted by Gasteiger charge is -2.20. The molecule has 2 aromatic rings. The Kier molecular flexibility index (Phi) is 9.05. The number of hydrogen-bond donors (Lipinski definition) is 2. The Morgan fingerprint density at radius 1 is 1.14 bits per heavy atom. The summed E-state index contributed by atoms with van der Waals surface area (Å²) >= 11 is 0. The van der Waals surface area contributed by atoms with Crippen LogP contribution in [0.15, 0.2) is 41.4 Å². The Balaban J connectivity index is 0.00000280. The number of ether oxygens (including phenoxy) is 2. The van der Waals surface area contributed by atoms with Gasteiger partial charge in [0, 0.05) is 18.4 Å². The molecule has 152 valence electrons.